The Morgan fingerprint density at radius 3 is 2.72 bits per heavy atom. The lowest BCUT2D eigenvalue weighted by Gasteiger charge is -2.10. The van der Waals surface area contributed by atoms with Gasteiger partial charge in [-0.25, -0.2) is 0 Å². The van der Waals surface area contributed by atoms with E-state index < -0.39 is 0 Å². The van der Waals surface area contributed by atoms with Crippen LogP contribution in [0.2, 0.25) is 0 Å². The number of halogens is 1. The van der Waals surface area contributed by atoms with Crippen molar-refractivity contribution < 1.29 is 9.59 Å². The molecule has 0 saturated heterocycles. The molecule has 0 aliphatic carbocycles. The van der Waals surface area contributed by atoms with Crippen molar-refractivity contribution in [1.29, 1.82) is 0 Å². The summed E-state index contributed by atoms with van der Waals surface area (Å²) in [6, 6.07) is 10.4. The van der Waals surface area contributed by atoms with E-state index in [1.54, 1.807) is 25.2 Å². The van der Waals surface area contributed by atoms with Gasteiger partial charge in [0.05, 0.1) is 10.9 Å². The second kappa shape index (κ2) is 8.71. The van der Waals surface area contributed by atoms with Gasteiger partial charge in [-0.05, 0) is 55.0 Å². The van der Waals surface area contributed by atoms with E-state index in [9.17, 15) is 14.4 Å². The second-order valence-corrected chi connectivity index (χ2v) is 7.87. The minimum atomic E-state index is -0.335. The molecule has 1 heterocycles. The molecule has 0 fully saturated rings. The van der Waals surface area contributed by atoms with Gasteiger partial charge < -0.3 is 15.6 Å². The number of H-pyrrole nitrogens is 1. The summed E-state index contributed by atoms with van der Waals surface area (Å²) in [7, 11) is 1.59. The molecule has 3 rings (SSSR count). The quantitative estimate of drug-likeness (QED) is 0.493. The summed E-state index contributed by atoms with van der Waals surface area (Å²) in [5, 5.41) is 5.99. The van der Waals surface area contributed by atoms with Crippen molar-refractivity contribution in [3.8, 4) is 0 Å². The molecule has 1 aromatic heterocycles. The number of aromatic amines is 1. The van der Waals surface area contributed by atoms with Gasteiger partial charge in [0.1, 0.15) is 0 Å². The molecule has 0 spiro atoms. The van der Waals surface area contributed by atoms with Crippen molar-refractivity contribution in [2.75, 3.05) is 11.9 Å². The molecule has 9 heteroatoms. The van der Waals surface area contributed by atoms with E-state index in [1.807, 2.05) is 25.1 Å². The number of rotatable bonds is 5. The highest BCUT2D eigenvalue weighted by atomic mass is 79.9. The van der Waals surface area contributed by atoms with Gasteiger partial charge in [-0.15, -0.1) is 0 Å². The summed E-state index contributed by atoms with van der Waals surface area (Å²) in [4.78, 5) is 39.7. The minimum Gasteiger partial charge on any atom is -0.352 e. The first-order valence-electron chi connectivity index (χ1n) is 8.83. The molecule has 0 bridgehead atoms. The number of fused-ring (bicyclic) bond motifs is 1. The van der Waals surface area contributed by atoms with Crippen molar-refractivity contribution in [2.45, 2.75) is 13.3 Å². The molecular weight excluding hydrogens is 456 g/mol. The van der Waals surface area contributed by atoms with E-state index in [4.69, 9.17) is 12.2 Å². The van der Waals surface area contributed by atoms with E-state index in [-0.39, 0.29) is 35.1 Å². The molecule has 0 atom stereocenters. The third-order valence-corrected chi connectivity index (χ3v) is 5.34. The first-order valence-corrected chi connectivity index (χ1v) is 10.0. The number of anilines is 1. The highest BCUT2D eigenvalue weighted by Gasteiger charge is 2.11. The van der Waals surface area contributed by atoms with Crippen LogP contribution < -0.4 is 16.2 Å². The van der Waals surface area contributed by atoms with Crippen LogP contribution >= 0.6 is 28.1 Å². The van der Waals surface area contributed by atoms with Crippen molar-refractivity contribution in [3.63, 3.8) is 0 Å². The summed E-state index contributed by atoms with van der Waals surface area (Å²) < 4.78 is 2.49. The summed E-state index contributed by atoms with van der Waals surface area (Å²) in [5.41, 5.74) is 2.32. The van der Waals surface area contributed by atoms with E-state index in [1.165, 1.54) is 4.57 Å². The third-order valence-electron chi connectivity index (χ3n) is 4.47. The van der Waals surface area contributed by atoms with Crippen LogP contribution in [-0.4, -0.2) is 27.9 Å². The molecular formula is C20H19BrN4O3S. The van der Waals surface area contributed by atoms with Crippen molar-refractivity contribution in [1.82, 2.24) is 14.9 Å². The number of aryl methyl sites for hydroxylation is 1. The summed E-state index contributed by atoms with van der Waals surface area (Å²) in [5.74, 6) is -0.532. The van der Waals surface area contributed by atoms with Gasteiger partial charge in [-0.3, -0.25) is 19.0 Å². The van der Waals surface area contributed by atoms with E-state index in [0.29, 0.717) is 16.5 Å². The zero-order chi connectivity index (χ0) is 21.1. The number of nitrogens with zero attached hydrogens (tertiary/aromatic N) is 1. The van der Waals surface area contributed by atoms with Gasteiger partial charge in [0, 0.05) is 35.7 Å². The van der Waals surface area contributed by atoms with Gasteiger partial charge in [0.15, 0.2) is 4.77 Å². The Morgan fingerprint density at radius 1 is 1.21 bits per heavy atom. The predicted molar refractivity (Wildman–Crippen MR) is 119 cm³/mol. The van der Waals surface area contributed by atoms with Crippen LogP contribution in [0.25, 0.3) is 10.9 Å². The Morgan fingerprint density at radius 2 is 1.97 bits per heavy atom. The molecule has 150 valence electrons. The molecule has 0 unspecified atom stereocenters. The molecule has 3 aromatic rings. The maximum absolute atomic E-state index is 12.4. The third kappa shape index (κ3) is 4.80. The van der Waals surface area contributed by atoms with Gasteiger partial charge in [-0.2, -0.15) is 0 Å². The number of aromatic nitrogens is 2. The number of hydrogen-bond acceptors (Lipinski definition) is 4. The monoisotopic (exact) mass is 474 g/mol. The fourth-order valence-electron chi connectivity index (χ4n) is 2.78. The van der Waals surface area contributed by atoms with Crippen LogP contribution in [0.5, 0.6) is 0 Å². The van der Waals surface area contributed by atoms with Gasteiger partial charge in [0.25, 0.3) is 11.5 Å². The number of carbonyl (C=O) groups excluding carboxylic acids is 2. The minimum absolute atomic E-state index is 0.133. The number of benzene rings is 2. The number of nitrogens with one attached hydrogen (secondary N) is 3. The van der Waals surface area contributed by atoms with Crippen molar-refractivity contribution >= 4 is 56.6 Å². The molecule has 3 N–H and O–H groups in total. The van der Waals surface area contributed by atoms with Gasteiger partial charge >= 0.3 is 0 Å². The molecule has 29 heavy (non-hydrogen) atoms. The zero-order valence-electron chi connectivity index (χ0n) is 15.8. The summed E-state index contributed by atoms with van der Waals surface area (Å²) in [6.07, 6.45) is 0.133. The molecule has 2 aromatic carbocycles. The molecule has 2 amide bonds. The van der Waals surface area contributed by atoms with Crippen molar-refractivity contribution in [3.05, 3.63) is 67.1 Å². The van der Waals surface area contributed by atoms with Crippen LogP contribution in [-0.2, 0) is 11.8 Å². The lowest BCUT2D eigenvalue weighted by atomic mass is 10.1. The largest absolute Gasteiger partial charge is 0.352 e. The average molecular weight is 475 g/mol. The number of carbonyl (C=O) groups is 2. The van der Waals surface area contributed by atoms with Crippen LogP contribution in [0.4, 0.5) is 5.69 Å². The lowest BCUT2D eigenvalue weighted by molar-refractivity contribution is -0.116. The highest BCUT2D eigenvalue weighted by Crippen LogP contribution is 2.20. The fourth-order valence-corrected chi connectivity index (χ4v) is 3.33. The topological polar surface area (TPSA) is 96.0 Å². The highest BCUT2D eigenvalue weighted by molar-refractivity contribution is 9.10. The van der Waals surface area contributed by atoms with Crippen LogP contribution in [0, 0.1) is 11.7 Å². The Kier molecular flexibility index (Phi) is 6.29. The Bertz CT molecular complexity index is 1230. The molecule has 0 aliphatic heterocycles. The summed E-state index contributed by atoms with van der Waals surface area (Å²) >= 11 is 8.48. The maximum atomic E-state index is 12.4. The van der Waals surface area contributed by atoms with Crippen molar-refractivity contribution in [2.24, 2.45) is 7.05 Å². The maximum Gasteiger partial charge on any atom is 0.261 e. The molecule has 0 saturated carbocycles. The van der Waals surface area contributed by atoms with E-state index in [2.05, 4.69) is 31.5 Å². The lowest BCUT2D eigenvalue weighted by Crippen LogP contribution is -2.28. The van der Waals surface area contributed by atoms with Crippen LogP contribution in [0.15, 0.2) is 45.7 Å². The molecule has 0 radical (unpaired) electrons. The summed E-state index contributed by atoms with van der Waals surface area (Å²) in [6.45, 7) is 2.09. The van der Waals surface area contributed by atoms with Crippen LogP contribution in [0.3, 0.4) is 0 Å². The smallest absolute Gasteiger partial charge is 0.261 e. The second-order valence-electron chi connectivity index (χ2n) is 6.57. The first kappa shape index (κ1) is 20.9. The SMILES string of the molecule is Cc1ccc(Br)cc1NC(=O)CCNC(=O)c1ccc2c(=O)n(C)c(=S)[nH]c2c1. The normalized spacial score (nSPS) is 10.7. The number of amides is 2. The average Bonchev–Trinajstić information content (AvgIpc) is 2.68. The predicted octanol–water partition coefficient (Wildman–Crippen LogP) is 3.43. The fraction of sp³-hybridized carbons (Fsp3) is 0.200. The Balaban J connectivity index is 1.63. The van der Waals surface area contributed by atoms with Crippen LogP contribution in [0.1, 0.15) is 22.3 Å². The zero-order valence-corrected chi connectivity index (χ0v) is 18.2. The van der Waals surface area contributed by atoms with E-state index >= 15 is 0 Å². The van der Waals surface area contributed by atoms with Gasteiger partial charge in [-0.1, -0.05) is 22.0 Å². The first-order chi connectivity index (χ1) is 13.8. The molecule has 0 aliphatic rings. The van der Waals surface area contributed by atoms with E-state index in [0.717, 1.165) is 15.7 Å². The Hall–Kier alpha value is -2.78. The molecule has 7 nitrogen and oxygen atoms in total. The Labute approximate surface area is 180 Å². The standard InChI is InChI=1S/C20H19BrN4O3S/c1-11-3-5-13(21)10-15(11)23-17(26)7-8-22-18(27)12-4-6-14-16(9-12)24-20(29)25(2)19(14)28/h3-6,9-10H,7-8H2,1-2H3,(H,22,27)(H,23,26)(H,24,29). The number of hydrogen-bond donors (Lipinski definition) is 3. The van der Waals surface area contributed by atoms with Gasteiger partial charge in [0.2, 0.25) is 5.91 Å².